The van der Waals surface area contributed by atoms with Crippen molar-refractivity contribution < 1.29 is 14.3 Å². The minimum atomic E-state index is -0.223. The van der Waals surface area contributed by atoms with Crippen LogP contribution in [0.25, 0.3) is 0 Å². The molecule has 0 N–H and O–H groups in total. The number of hydrogen-bond acceptors (Lipinski definition) is 3. The summed E-state index contributed by atoms with van der Waals surface area (Å²) in [6.45, 7) is 8.27. The second-order valence-corrected chi connectivity index (χ2v) is 4.98. The third-order valence-corrected chi connectivity index (χ3v) is 2.87. The molecule has 0 aromatic rings. The molecule has 80 valence electrons. The summed E-state index contributed by atoms with van der Waals surface area (Å²) in [5.41, 5.74) is -0.199. The van der Waals surface area contributed by atoms with E-state index < -0.39 is 0 Å². The Hall–Kier alpha value is -0.860. The Balaban J connectivity index is 2.44. The van der Waals surface area contributed by atoms with Crippen molar-refractivity contribution in [2.75, 3.05) is 6.61 Å². The molecule has 3 nitrogen and oxygen atoms in total. The molecule has 0 aliphatic heterocycles. The lowest BCUT2D eigenvalue weighted by Gasteiger charge is -2.07. The van der Waals surface area contributed by atoms with E-state index >= 15 is 0 Å². The Labute approximate surface area is 84.8 Å². The summed E-state index contributed by atoms with van der Waals surface area (Å²) < 4.78 is 5.10. The molecule has 1 aliphatic rings. The fourth-order valence-corrected chi connectivity index (χ4v) is 1.72. The molecule has 14 heavy (non-hydrogen) atoms. The third kappa shape index (κ3) is 1.97. The van der Waals surface area contributed by atoms with Gasteiger partial charge in [-0.2, -0.15) is 0 Å². The molecule has 0 radical (unpaired) electrons. The third-order valence-electron chi connectivity index (χ3n) is 2.87. The zero-order valence-electron chi connectivity index (χ0n) is 9.24. The van der Waals surface area contributed by atoms with Gasteiger partial charge in [-0.15, -0.1) is 0 Å². The van der Waals surface area contributed by atoms with E-state index in [0.29, 0.717) is 12.5 Å². The number of hydrogen-bond donors (Lipinski definition) is 0. The molecule has 2 unspecified atom stereocenters. The van der Waals surface area contributed by atoms with Crippen molar-refractivity contribution in [3.05, 3.63) is 0 Å². The van der Waals surface area contributed by atoms with Gasteiger partial charge in [0.2, 0.25) is 0 Å². The normalized spacial score (nSPS) is 28.6. The van der Waals surface area contributed by atoms with Crippen LogP contribution in [0.4, 0.5) is 0 Å². The van der Waals surface area contributed by atoms with Gasteiger partial charge in [-0.25, -0.2) is 0 Å². The number of carbonyl (C=O) groups is 2. The van der Waals surface area contributed by atoms with Crippen LogP contribution in [0.1, 0.15) is 27.7 Å². The molecule has 1 rings (SSSR count). The second kappa shape index (κ2) is 3.71. The van der Waals surface area contributed by atoms with Gasteiger partial charge in [0.05, 0.1) is 12.5 Å². The standard InChI is InChI=1S/C11H18O3/c1-7(2)6-14-10(13)9-8(5-12)11(9,3)4/h5,7-9H,6H2,1-4H3. The minimum absolute atomic E-state index is 0.151. The van der Waals surface area contributed by atoms with E-state index in [9.17, 15) is 9.59 Å². The van der Waals surface area contributed by atoms with Crippen molar-refractivity contribution in [2.24, 2.45) is 23.2 Å². The quantitative estimate of drug-likeness (QED) is 0.509. The zero-order chi connectivity index (χ0) is 10.9. The Kier molecular flexibility index (Phi) is 2.98. The van der Waals surface area contributed by atoms with Gasteiger partial charge >= 0.3 is 5.97 Å². The lowest BCUT2D eigenvalue weighted by Crippen LogP contribution is -2.14. The van der Waals surface area contributed by atoms with Crippen LogP contribution >= 0.6 is 0 Å². The number of rotatable bonds is 4. The molecule has 0 bridgehead atoms. The largest absolute Gasteiger partial charge is 0.465 e. The van der Waals surface area contributed by atoms with E-state index in [4.69, 9.17) is 4.74 Å². The van der Waals surface area contributed by atoms with E-state index in [1.807, 2.05) is 27.7 Å². The highest BCUT2D eigenvalue weighted by Gasteiger charge is 2.62. The summed E-state index contributed by atoms with van der Waals surface area (Å²) in [6.07, 6.45) is 0.862. The summed E-state index contributed by atoms with van der Waals surface area (Å²) in [5, 5.41) is 0. The first kappa shape index (κ1) is 11.2. The van der Waals surface area contributed by atoms with E-state index in [-0.39, 0.29) is 23.2 Å². The molecule has 0 amide bonds. The van der Waals surface area contributed by atoms with Gasteiger partial charge in [-0.1, -0.05) is 27.7 Å². The van der Waals surface area contributed by atoms with Crippen molar-refractivity contribution in [3.8, 4) is 0 Å². The highest BCUT2D eigenvalue weighted by molar-refractivity contribution is 5.84. The first-order valence-corrected chi connectivity index (χ1v) is 5.03. The monoisotopic (exact) mass is 198 g/mol. The smallest absolute Gasteiger partial charge is 0.310 e. The maximum absolute atomic E-state index is 11.5. The molecular formula is C11H18O3. The van der Waals surface area contributed by atoms with Gasteiger partial charge in [-0.3, -0.25) is 4.79 Å². The molecular weight excluding hydrogens is 180 g/mol. The van der Waals surface area contributed by atoms with Gasteiger partial charge in [0, 0.05) is 5.92 Å². The van der Waals surface area contributed by atoms with Gasteiger partial charge < -0.3 is 9.53 Å². The lowest BCUT2D eigenvalue weighted by molar-refractivity contribution is -0.147. The Morgan fingerprint density at radius 1 is 1.50 bits per heavy atom. The summed E-state index contributed by atoms with van der Waals surface area (Å²) in [6, 6.07) is 0. The summed E-state index contributed by atoms with van der Waals surface area (Å²) in [5.74, 6) is -0.253. The SMILES string of the molecule is CC(C)COC(=O)C1C(C=O)C1(C)C. The molecule has 1 aliphatic carbocycles. The van der Waals surface area contributed by atoms with Crippen molar-refractivity contribution in [1.82, 2.24) is 0 Å². The van der Waals surface area contributed by atoms with Crippen LogP contribution < -0.4 is 0 Å². The number of esters is 1. The van der Waals surface area contributed by atoms with Gasteiger partial charge in [0.15, 0.2) is 0 Å². The molecule has 3 heteroatoms. The van der Waals surface area contributed by atoms with Crippen LogP contribution in [0.5, 0.6) is 0 Å². The molecule has 1 fully saturated rings. The summed E-state index contributed by atoms with van der Waals surface area (Å²) in [4.78, 5) is 22.1. The van der Waals surface area contributed by atoms with E-state index in [1.165, 1.54) is 0 Å². The molecule has 2 atom stereocenters. The maximum atomic E-state index is 11.5. The topological polar surface area (TPSA) is 43.4 Å². The zero-order valence-corrected chi connectivity index (χ0v) is 9.24. The van der Waals surface area contributed by atoms with Gasteiger partial charge in [0.25, 0.3) is 0 Å². The Morgan fingerprint density at radius 3 is 2.43 bits per heavy atom. The predicted molar refractivity (Wildman–Crippen MR) is 52.6 cm³/mol. The number of ether oxygens (including phenoxy) is 1. The predicted octanol–water partition coefficient (Wildman–Crippen LogP) is 1.66. The van der Waals surface area contributed by atoms with E-state index in [2.05, 4.69) is 0 Å². The minimum Gasteiger partial charge on any atom is -0.465 e. The van der Waals surface area contributed by atoms with Crippen molar-refractivity contribution in [1.29, 1.82) is 0 Å². The summed E-state index contributed by atoms with van der Waals surface area (Å²) >= 11 is 0. The van der Waals surface area contributed by atoms with E-state index in [1.54, 1.807) is 0 Å². The van der Waals surface area contributed by atoms with E-state index in [0.717, 1.165) is 6.29 Å². The first-order chi connectivity index (χ1) is 6.41. The fourth-order valence-electron chi connectivity index (χ4n) is 1.72. The van der Waals surface area contributed by atoms with Crippen LogP contribution in [-0.4, -0.2) is 18.9 Å². The van der Waals surface area contributed by atoms with Crippen LogP contribution in [0, 0.1) is 23.2 Å². The number of carbonyl (C=O) groups excluding carboxylic acids is 2. The van der Waals surface area contributed by atoms with Gasteiger partial charge in [0.1, 0.15) is 6.29 Å². The first-order valence-electron chi connectivity index (χ1n) is 5.03. The van der Waals surface area contributed by atoms with Crippen LogP contribution in [0.15, 0.2) is 0 Å². The molecule has 0 heterocycles. The lowest BCUT2D eigenvalue weighted by atomic mass is 10.1. The molecule has 0 spiro atoms. The highest BCUT2D eigenvalue weighted by Crippen LogP contribution is 2.57. The second-order valence-electron chi connectivity index (χ2n) is 4.98. The molecule has 0 aromatic heterocycles. The Morgan fingerprint density at radius 2 is 2.07 bits per heavy atom. The Bertz CT molecular complexity index is 243. The van der Waals surface area contributed by atoms with Crippen LogP contribution in [0.2, 0.25) is 0 Å². The van der Waals surface area contributed by atoms with Crippen molar-refractivity contribution in [2.45, 2.75) is 27.7 Å². The van der Waals surface area contributed by atoms with Crippen molar-refractivity contribution in [3.63, 3.8) is 0 Å². The van der Waals surface area contributed by atoms with Crippen LogP contribution in [-0.2, 0) is 14.3 Å². The van der Waals surface area contributed by atoms with Gasteiger partial charge in [-0.05, 0) is 11.3 Å². The average Bonchev–Trinajstić information content (AvgIpc) is 2.63. The van der Waals surface area contributed by atoms with Crippen molar-refractivity contribution >= 4 is 12.3 Å². The molecule has 0 aromatic carbocycles. The van der Waals surface area contributed by atoms with Crippen LogP contribution in [0.3, 0.4) is 0 Å². The average molecular weight is 198 g/mol. The summed E-state index contributed by atoms with van der Waals surface area (Å²) in [7, 11) is 0. The molecule has 0 saturated heterocycles. The maximum Gasteiger partial charge on any atom is 0.310 e. The highest BCUT2D eigenvalue weighted by atomic mass is 16.5. The number of aldehydes is 1. The molecule has 1 saturated carbocycles. The fraction of sp³-hybridized carbons (Fsp3) is 0.818.